The summed E-state index contributed by atoms with van der Waals surface area (Å²) in [6.45, 7) is 8.53. The molecule has 0 saturated carbocycles. The van der Waals surface area contributed by atoms with Gasteiger partial charge in [0.15, 0.2) is 5.78 Å². The summed E-state index contributed by atoms with van der Waals surface area (Å²) in [5.74, 6) is -0.565. The van der Waals surface area contributed by atoms with E-state index in [0.29, 0.717) is 43.6 Å². The van der Waals surface area contributed by atoms with E-state index in [4.69, 9.17) is 14.5 Å². The molecule has 2 fully saturated rings. The predicted molar refractivity (Wildman–Crippen MR) is 250 cm³/mol. The lowest BCUT2D eigenvalue weighted by molar-refractivity contribution is -0.139. The van der Waals surface area contributed by atoms with Crippen molar-refractivity contribution in [2.75, 3.05) is 19.6 Å². The van der Waals surface area contributed by atoms with Crippen LogP contribution in [0.4, 0.5) is 9.59 Å². The lowest BCUT2D eigenvalue weighted by Crippen LogP contribution is -2.48. The van der Waals surface area contributed by atoms with Crippen LogP contribution in [0.3, 0.4) is 0 Å². The van der Waals surface area contributed by atoms with Gasteiger partial charge in [0.2, 0.25) is 5.91 Å². The summed E-state index contributed by atoms with van der Waals surface area (Å²) in [6.07, 6.45) is 3.13. The fourth-order valence-corrected chi connectivity index (χ4v) is 9.09. The highest BCUT2D eigenvalue weighted by Crippen LogP contribution is 2.32. The summed E-state index contributed by atoms with van der Waals surface area (Å²) in [4.78, 5) is 79.2. The van der Waals surface area contributed by atoms with Crippen LogP contribution in [0, 0.1) is 0 Å². The Morgan fingerprint density at radius 1 is 0.692 bits per heavy atom. The summed E-state index contributed by atoms with van der Waals surface area (Å²) in [5.41, 5.74) is 8.02. The number of rotatable bonds is 14. The lowest BCUT2D eigenvalue weighted by Gasteiger charge is -2.29. The van der Waals surface area contributed by atoms with Gasteiger partial charge in [-0.3, -0.25) is 19.4 Å². The molecule has 13 nitrogen and oxygen atoms in total. The number of Topliss-reactive ketones (excluding diaryl/α,β-unsaturated/α-hetero) is 1. The molecule has 65 heavy (non-hydrogen) atoms. The number of ketones is 1. The molecule has 4 atom stereocenters. The number of hydrogen-bond acceptors (Lipinski definition) is 8. The second-order valence-electron chi connectivity index (χ2n) is 17.5. The Bertz CT molecular complexity index is 2600. The third-order valence-corrected chi connectivity index (χ3v) is 12.1. The molecule has 2 saturated heterocycles. The van der Waals surface area contributed by atoms with Crippen LogP contribution in [0.25, 0.3) is 27.7 Å². The highest BCUT2D eigenvalue weighted by atomic mass is 16.6. The third kappa shape index (κ3) is 10.4. The Morgan fingerprint density at radius 3 is 1.88 bits per heavy atom. The van der Waals surface area contributed by atoms with E-state index < -0.39 is 30.3 Å². The molecule has 13 heteroatoms. The SMILES string of the molecule is CC(C)OC(=O)N[C@@H](C(=O)N1CCC[C@H]1C(=O)Cc1ccc2[nH]c(-c3ccc(C4=CC([C@@H]5CCCN5C(=O)[C@H](NC(=O)OC(C)C)c5ccccc5)=NC4)cc3)cc2c1)c1ccccc1. The Hall–Kier alpha value is -7.02. The number of carbonyl (C=O) groups is 5. The molecule has 0 unspecified atom stereocenters. The van der Waals surface area contributed by atoms with Crippen LogP contribution in [0.5, 0.6) is 0 Å². The molecule has 336 valence electrons. The van der Waals surface area contributed by atoms with Gasteiger partial charge in [-0.15, -0.1) is 0 Å². The van der Waals surface area contributed by atoms with Gasteiger partial charge in [0.05, 0.1) is 36.5 Å². The van der Waals surface area contributed by atoms with Gasteiger partial charge in [-0.05, 0) is 111 Å². The molecule has 0 bridgehead atoms. The van der Waals surface area contributed by atoms with E-state index >= 15 is 0 Å². The fraction of sp³-hybridized carbons (Fsp3) is 0.346. The monoisotopic (exact) mass is 876 g/mol. The quantitative estimate of drug-likeness (QED) is 0.101. The highest BCUT2D eigenvalue weighted by molar-refractivity contribution is 6.09. The summed E-state index contributed by atoms with van der Waals surface area (Å²) < 4.78 is 10.6. The number of ether oxygens (including phenoxy) is 2. The van der Waals surface area contributed by atoms with E-state index in [-0.39, 0.29) is 42.3 Å². The van der Waals surface area contributed by atoms with E-state index in [2.05, 4.69) is 52.0 Å². The third-order valence-electron chi connectivity index (χ3n) is 12.1. The number of hydrogen-bond donors (Lipinski definition) is 3. The minimum absolute atomic E-state index is 0.0456. The summed E-state index contributed by atoms with van der Waals surface area (Å²) in [6, 6.07) is 32.0. The van der Waals surface area contributed by atoms with E-state index in [0.717, 1.165) is 57.4 Å². The average molecular weight is 877 g/mol. The summed E-state index contributed by atoms with van der Waals surface area (Å²) >= 11 is 0. The van der Waals surface area contributed by atoms with Crippen LogP contribution in [-0.2, 0) is 30.3 Å². The van der Waals surface area contributed by atoms with Crippen molar-refractivity contribution in [1.29, 1.82) is 0 Å². The minimum Gasteiger partial charge on any atom is -0.447 e. The van der Waals surface area contributed by atoms with Crippen LogP contribution in [0.1, 0.15) is 87.7 Å². The molecule has 0 radical (unpaired) electrons. The molecule has 4 aromatic carbocycles. The Labute approximate surface area is 379 Å². The first-order valence-corrected chi connectivity index (χ1v) is 22.6. The molecule has 3 N–H and O–H groups in total. The maximum atomic E-state index is 14.1. The lowest BCUT2D eigenvalue weighted by atomic mass is 9.99. The van der Waals surface area contributed by atoms with Gasteiger partial charge >= 0.3 is 12.2 Å². The minimum atomic E-state index is -0.979. The number of aromatic nitrogens is 1. The Balaban J connectivity index is 0.917. The molecule has 3 aliphatic rings. The van der Waals surface area contributed by atoms with E-state index in [1.807, 2.05) is 71.6 Å². The first kappa shape index (κ1) is 44.6. The summed E-state index contributed by atoms with van der Waals surface area (Å²) in [7, 11) is 0. The number of nitrogens with one attached hydrogen (secondary N) is 3. The first-order chi connectivity index (χ1) is 31.4. The van der Waals surface area contributed by atoms with Crippen LogP contribution in [-0.4, -0.2) is 94.2 Å². The van der Waals surface area contributed by atoms with Crippen molar-refractivity contribution < 1.29 is 33.4 Å². The predicted octanol–water partition coefficient (Wildman–Crippen LogP) is 8.52. The number of nitrogens with zero attached hydrogens (tertiary/aromatic N) is 3. The first-order valence-electron chi connectivity index (χ1n) is 22.6. The van der Waals surface area contributed by atoms with Crippen LogP contribution in [0.2, 0.25) is 0 Å². The van der Waals surface area contributed by atoms with Gasteiger partial charge < -0.3 is 34.9 Å². The number of carbonyl (C=O) groups excluding carboxylic acids is 5. The normalized spacial score (nSPS) is 18.1. The standard InChI is InChI=1S/C52H56N6O7/c1-32(2)64-51(62)55-47(37-13-7-5-8-14-37)49(60)57-25-11-17-44(57)43-30-40(31-53-43)35-20-22-36(23-21-35)42-29-39-27-34(19-24-41(39)54-42)28-46(59)45-18-12-26-58(45)50(61)48(38-15-9-6-10-16-38)56-52(63)65-33(3)4/h5-10,13-16,19-24,27,29-30,32-33,44-45,47-48,54H,11-12,17-18,25-26,28,31H2,1-4H3,(H,55,62)(H,56,63)/t44-,45-,47+,48+/m0/s1. The van der Waals surface area contributed by atoms with E-state index in [1.165, 1.54) is 0 Å². The van der Waals surface area contributed by atoms with Crippen molar-refractivity contribution in [2.45, 2.75) is 96.2 Å². The maximum Gasteiger partial charge on any atom is 0.408 e. The number of likely N-dealkylation sites (tertiary alicyclic amines) is 2. The van der Waals surface area contributed by atoms with Crippen molar-refractivity contribution in [3.8, 4) is 11.3 Å². The van der Waals surface area contributed by atoms with Crippen molar-refractivity contribution in [3.05, 3.63) is 138 Å². The van der Waals surface area contributed by atoms with E-state index in [9.17, 15) is 24.0 Å². The fourth-order valence-electron chi connectivity index (χ4n) is 9.09. The van der Waals surface area contributed by atoms with Crippen LogP contribution >= 0.6 is 0 Å². The van der Waals surface area contributed by atoms with Crippen molar-refractivity contribution in [1.82, 2.24) is 25.4 Å². The molecular weight excluding hydrogens is 821 g/mol. The largest absolute Gasteiger partial charge is 0.447 e. The van der Waals surface area contributed by atoms with Crippen LogP contribution in [0.15, 0.2) is 120 Å². The maximum absolute atomic E-state index is 14.1. The second kappa shape index (κ2) is 19.8. The molecule has 0 spiro atoms. The zero-order chi connectivity index (χ0) is 45.6. The van der Waals surface area contributed by atoms with Crippen molar-refractivity contribution >= 4 is 52.0 Å². The van der Waals surface area contributed by atoms with Crippen molar-refractivity contribution in [2.24, 2.45) is 4.99 Å². The second-order valence-corrected chi connectivity index (χ2v) is 17.5. The number of H-pyrrole nitrogens is 1. The van der Waals surface area contributed by atoms with Crippen LogP contribution < -0.4 is 10.6 Å². The number of alkyl carbamates (subject to hydrolysis) is 2. The van der Waals surface area contributed by atoms with Gasteiger partial charge in [0, 0.05) is 36.1 Å². The molecule has 5 aromatic rings. The van der Waals surface area contributed by atoms with Gasteiger partial charge in [-0.1, -0.05) is 91.0 Å². The van der Waals surface area contributed by atoms with E-state index in [1.54, 1.807) is 44.7 Å². The Kier molecular flexibility index (Phi) is 13.6. The number of benzene rings is 4. The highest BCUT2D eigenvalue weighted by Gasteiger charge is 2.39. The number of aromatic amines is 1. The number of amides is 4. The average Bonchev–Trinajstić information content (AvgIpc) is 4.14. The number of fused-ring (bicyclic) bond motifs is 1. The van der Waals surface area contributed by atoms with Gasteiger partial charge in [0.1, 0.15) is 12.1 Å². The van der Waals surface area contributed by atoms with Gasteiger partial charge in [-0.25, -0.2) is 9.59 Å². The summed E-state index contributed by atoms with van der Waals surface area (Å²) in [5, 5.41) is 6.51. The molecule has 4 heterocycles. The molecule has 8 rings (SSSR count). The molecular formula is C52H56N6O7. The van der Waals surface area contributed by atoms with Gasteiger partial charge in [0.25, 0.3) is 5.91 Å². The molecule has 0 aliphatic carbocycles. The van der Waals surface area contributed by atoms with Gasteiger partial charge in [-0.2, -0.15) is 0 Å². The smallest absolute Gasteiger partial charge is 0.408 e. The molecule has 3 aliphatic heterocycles. The topological polar surface area (TPSA) is 162 Å². The zero-order valence-electron chi connectivity index (χ0n) is 37.3. The van der Waals surface area contributed by atoms with Crippen molar-refractivity contribution in [3.63, 3.8) is 0 Å². The molecule has 4 amide bonds. The zero-order valence-corrected chi connectivity index (χ0v) is 37.3. The Morgan fingerprint density at radius 2 is 1.26 bits per heavy atom. The molecule has 1 aromatic heterocycles. The number of aliphatic imine (C=N–C) groups is 1.